The highest BCUT2D eigenvalue weighted by Crippen LogP contribution is 2.51. The Bertz CT molecular complexity index is 1350. The van der Waals surface area contributed by atoms with Crippen LogP contribution in [-0.2, 0) is 26.8 Å². The van der Waals surface area contributed by atoms with Crippen LogP contribution in [0.25, 0.3) is 0 Å². The summed E-state index contributed by atoms with van der Waals surface area (Å²) in [5.41, 5.74) is -7.25. The summed E-state index contributed by atoms with van der Waals surface area (Å²) in [7, 11) is -4.60. The van der Waals surface area contributed by atoms with Gasteiger partial charge in [0.25, 0.3) is 15.6 Å². The quantitative estimate of drug-likeness (QED) is 0.490. The standard InChI is InChI=1S/C25H25F7N2O5S/c26-17-5-8-20(9-6-17)40(38,39)34-18(13-22(36)33-11-1-2-19(33)14-35)7-3-15-12-16(4-10-21(15)34)23(37,24(27,28)29)25(30,31)32/h4-6,8-10,12,18-19,35,37H,1-3,7,11,13-14H2/t18-,19+/m0/s1. The number of hydrogen-bond donors (Lipinski definition) is 2. The van der Waals surface area contributed by atoms with Gasteiger partial charge in [-0.05, 0) is 61.6 Å². The Balaban J connectivity index is 1.81. The van der Waals surface area contributed by atoms with Gasteiger partial charge in [-0.1, -0.05) is 12.1 Å². The molecule has 1 amide bonds. The van der Waals surface area contributed by atoms with Crippen molar-refractivity contribution in [3.63, 3.8) is 0 Å². The van der Waals surface area contributed by atoms with Gasteiger partial charge in [0.2, 0.25) is 5.91 Å². The second kappa shape index (κ2) is 10.5. The number of aliphatic hydroxyl groups excluding tert-OH is 1. The second-order valence-corrected chi connectivity index (χ2v) is 11.6. The molecule has 2 heterocycles. The third kappa shape index (κ3) is 5.14. The van der Waals surface area contributed by atoms with Crippen molar-refractivity contribution in [1.29, 1.82) is 0 Å². The third-order valence-corrected chi connectivity index (χ3v) is 9.20. The predicted molar refractivity (Wildman–Crippen MR) is 127 cm³/mol. The first-order valence-corrected chi connectivity index (χ1v) is 13.7. The molecule has 0 radical (unpaired) electrons. The number of fused-ring (bicyclic) bond motifs is 1. The smallest absolute Gasteiger partial charge is 0.394 e. The number of hydrogen-bond acceptors (Lipinski definition) is 5. The molecule has 0 spiro atoms. The number of aryl methyl sites for hydroxylation is 1. The van der Waals surface area contributed by atoms with Crippen molar-refractivity contribution in [2.24, 2.45) is 0 Å². The molecule has 2 aliphatic rings. The first-order chi connectivity index (χ1) is 18.5. The average Bonchev–Trinajstić information content (AvgIpc) is 3.36. The number of aliphatic hydroxyl groups is 2. The van der Waals surface area contributed by atoms with E-state index in [0.29, 0.717) is 31.5 Å². The summed E-state index contributed by atoms with van der Waals surface area (Å²) < 4.78 is 123. The molecule has 1 fully saturated rings. The van der Waals surface area contributed by atoms with E-state index < -0.39 is 62.2 Å². The molecule has 2 N–H and O–H groups in total. The summed E-state index contributed by atoms with van der Waals surface area (Å²) in [6.45, 7) is 0.0236. The summed E-state index contributed by atoms with van der Waals surface area (Å²) in [6.07, 6.45) is -11.9. The largest absolute Gasteiger partial charge is 0.430 e. The van der Waals surface area contributed by atoms with Gasteiger partial charge in [0.1, 0.15) is 5.82 Å². The van der Waals surface area contributed by atoms with Gasteiger partial charge >= 0.3 is 12.4 Å². The Kier molecular flexibility index (Phi) is 7.88. The molecule has 0 unspecified atom stereocenters. The topological polar surface area (TPSA) is 98.2 Å². The third-order valence-electron chi connectivity index (χ3n) is 7.32. The molecule has 0 saturated carbocycles. The van der Waals surface area contributed by atoms with Gasteiger partial charge in [-0.15, -0.1) is 0 Å². The Labute approximate surface area is 224 Å². The lowest BCUT2D eigenvalue weighted by Gasteiger charge is -2.39. The monoisotopic (exact) mass is 598 g/mol. The van der Waals surface area contributed by atoms with E-state index in [4.69, 9.17) is 0 Å². The van der Waals surface area contributed by atoms with E-state index in [-0.39, 0.29) is 37.1 Å². The Morgan fingerprint density at radius 1 is 0.950 bits per heavy atom. The maximum atomic E-state index is 13.7. The van der Waals surface area contributed by atoms with Crippen molar-refractivity contribution in [2.75, 3.05) is 17.5 Å². The molecule has 2 aromatic rings. The molecule has 4 rings (SSSR count). The number of benzene rings is 2. The molecule has 220 valence electrons. The summed E-state index contributed by atoms with van der Waals surface area (Å²) in [6, 6.07) is 3.61. The van der Waals surface area contributed by atoms with Crippen LogP contribution in [-0.4, -0.2) is 67.0 Å². The van der Waals surface area contributed by atoms with Gasteiger partial charge in [-0.3, -0.25) is 9.10 Å². The lowest BCUT2D eigenvalue weighted by Crippen LogP contribution is -2.54. The summed E-state index contributed by atoms with van der Waals surface area (Å²) in [5, 5.41) is 19.4. The van der Waals surface area contributed by atoms with Crippen LogP contribution in [0, 0.1) is 5.82 Å². The number of likely N-dealkylation sites (tertiary alicyclic amines) is 1. The molecule has 15 heteroatoms. The van der Waals surface area contributed by atoms with E-state index >= 15 is 0 Å². The zero-order chi connectivity index (χ0) is 29.7. The molecule has 0 aromatic heterocycles. The van der Waals surface area contributed by atoms with Crippen molar-refractivity contribution in [1.82, 2.24) is 4.90 Å². The normalized spacial score (nSPS) is 20.5. The van der Waals surface area contributed by atoms with Gasteiger partial charge in [0.15, 0.2) is 0 Å². The van der Waals surface area contributed by atoms with E-state index in [1.54, 1.807) is 0 Å². The molecule has 2 aromatic carbocycles. The van der Waals surface area contributed by atoms with E-state index in [9.17, 15) is 54.2 Å². The number of carbonyl (C=O) groups excluding carboxylic acids is 1. The fourth-order valence-electron chi connectivity index (χ4n) is 5.25. The number of rotatable bonds is 6. The number of carbonyl (C=O) groups is 1. The van der Waals surface area contributed by atoms with Gasteiger partial charge in [0.05, 0.1) is 29.3 Å². The second-order valence-electron chi connectivity index (χ2n) is 9.77. The van der Waals surface area contributed by atoms with E-state index in [1.807, 2.05) is 0 Å². The molecule has 0 aliphatic carbocycles. The van der Waals surface area contributed by atoms with Crippen molar-refractivity contribution in [3.8, 4) is 0 Å². The van der Waals surface area contributed by atoms with Gasteiger partial charge < -0.3 is 15.1 Å². The van der Waals surface area contributed by atoms with Gasteiger partial charge in [0, 0.05) is 18.5 Å². The van der Waals surface area contributed by atoms with Crippen LogP contribution in [0.1, 0.15) is 36.8 Å². The maximum Gasteiger partial charge on any atom is 0.430 e. The number of sulfonamides is 1. The van der Waals surface area contributed by atoms with E-state index in [2.05, 4.69) is 0 Å². The van der Waals surface area contributed by atoms with Crippen molar-refractivity contribution < 1.29 is 54.2 Å². The van der Waals surface area contributed by atoms with Crippen LogP contribution in [0.4, 0.5) is 36.4 Å². The lowest BCUT2D eigenvalue weighted by atomic mass is 9.87. The molecule has 40 heavy (non-hydrogen) atoms. The minimum absolute atomic E-state index is 0.156. The van der Waals surface area contributed by atoms with Crippen molar-refractivity contribution in [3.05, 3.63) is 59.4 Å². The first kappa shape index (κ1) is 30.1. The molecule has 0 bridgehead atoms. The van der Waals surface area contributed by atoms with Gasteiger partial charge in [-0.2, -0.15) is 26.3 Å². The van der Waals surface area contributed by atoms with Crippen LogP contribution in [0.5, 0.6) is 0 Å². The van der Waals surface area contributed by atoms with Crippen LogP contribution >= 0.6 is 0 Å². The molecule has 7 nitrogen and oxygen atoms in total. The zero-order valence-electron chi connectivity index (χ0n) is 20.7. The van der Waals surface area contributed by atoms with E-state index in [0.717, 1.165) is 34.6 Å². The van der Waals surface area contributed by atoms with Crippen LogP contribution in [0.3, 0.4) is 0 Å². The Morgan fingerprint density at radius 2 is 1.57 bits per heavy atom. The van der Waals surface area contributed by atoms with Crippen LogP contribution in [0.15, 0.2) is 47.4 Å². The van der Waals surface area contributed by atoms with E-state index in [1.165, 1.54) is 4.90 Å². The highest BCUT2D eigenvalue weighted by molar-refractivity contribution is 7.92. The van der Waals surface area contributed by atoms with Crippen molar-refractivity contribution >= 4 is 21.6 Å². The zero-order valence-corrected chi connectivity index (χ0v) is 21.5. The van der Waals surface area contributed by atoms with Crippen molar-refractivity contribution in [2.45, 2.75) is 67.0 Å². The molecule has 2 atom stereocenters. The summed E-state index contributed by atoms with van der Waals surface area (Å²) in [5.74, 6) is -1.23. The van der Waals surface area contributed by atoms with Crippen LogP contribution < -0.4 is 4.31 Å². The number of nitrogens with zero attached hydrogens (tertiary/aromatic N) is 2. The Hall–Kier alpha value is -2.91. The number of anilines is 1. The first-order valence-electron chi connectivity index (χ1n) is 12.2. The highest BCUT2D eigenvalue weighted by atomic mass is 32.2. The lowest BCUT2D eigenvalue weighted by molar-refractivity contribution is -0.376. The molecule has 1 saturated heterocycles. The predicted octanol–water partition coefficient (Wildman–Crippen LogP) is 4.02. The fraction of sp³-hybridized carbons (Fsp3) is 0.480. The minimum Gasteiger partial charge on any atom is -0.394 e. The molecular formula is C25H25F7N2O5S. The average molecular weight is 599 g/mol. The Morgan fingerprint density at radius 3 is 2.15 bits per heavy atom. The number of amides is 1. The molecular weight excluding hydrogens is 573 g/mol. The fourth-order valence-corrected chi connectivity index (χ4v) is 6.97. The summed E-state index contributed by atoms with van der Waals surface area (Å²) in [4.78, 5) is 14.1. The minimum atomic E-state index is -6.14. The van der Waals surface area contributed by atoms with Crippen LogP contribution in [0.2, 0.25) is 0 Å². The maximum absolute atomic E-state index is 13.7. The number of halogens is 7. The highest BCUT2D eigenvalue weighted by Gasteiger charge is 2.71. The number of alkyl halides is 6. The SMILES string of the molecule is O=C(C[C@@H]1CCc2cc(C(O)(C(F)(F)F)C(F)(F)F)ccc2N1S(=O)(=O)c1ccc(F)cc1)N1CCC[C@@H]1CO. The molecule has 2 aliphatic heterocycles. The summed E-state index contributed by atoms with van der Waals surface area (Å²) >= 11 is 0. The van der Waals surface area contributed by atoms with Gasteiger partial charge in [-0.25, -0.2) is 12.8 Å².